The molecule has 0 aromatic carbocycles. The number of nitrogens with one attached hydrogen (secondary N) is 1. The molecule has 3 atom stereocenters. The third-order valence-electron chi connectivity index (χ3n) is 5.78. The van der Waals surface area contributed by atoms with Crippen molar-refractivity contribution in [2.75, 3.05) is 6.54 Å². The molecule has 1 fully saturated rings. The van der Waals surface area contributed by atoms with Crippen LogP contribution in [0.15, 0.2) is 24.5 Å². The minimum Gasteiger partial charge on any atom is -0.483 e. The highest BCUT2D eigenvalue weighted by Gasteiger charge is 2.38. The SMILES string of the molecule is CC[C@H](C)[C@H]1c2nc(-c3cccnc3)nn2CCN1C(=O)C[C@H]1CCC(=O)N1.O=CO. The molecule has 2 aliphatic heterocycles. The number of amides is 2. The predicted molar refractivity (Wildman–Crippen MR) is 112 cm³/mol. The zero-order valence-electron chi connectivity index (χ0n) is 17.8. The molecular weight excluding hydrogens is 400 g/mol. The van der Waals surface area contributed by atoms with Crippen molar-refractivity contribution in [2.24, 2.45) is 5.92 Å². The summed E-state index contributed by atoms with van der Waals surface area (Å²) in [6.07, 6.45) is 6.00. The Bertz CT molecular complexity index is 916. The Morgan fingerprint density at radius 1 is 1.42 bits per heavy atom. The van der Waals surface area contributed by atoms with Gasteiger partial charge in [-0.3, -0.25) is 19.4 Å². The molecule has 4 heterocycles. The zero-order chi connectivity index (χ0) is 22.4. The molecule has 10 heteroatoms. The first-order valence-corrected chi connectivity index (χ1v) is 10.5. The quantitative estimate of drug-likeness (QED) is 0.692. The second kappa shape index (κ2) is 10.1. The van der Waals surface area contributed by atoms with Crippen LogP contribution in [0.4, 0.5) is 0 Å². The number of carbonyl (C=O) groups excluding carboxylic acids is 2. The fourth-order valence-electron chi connectivity index (χ4n) is 4.06. The summed E-state index contributed by atoms with van der Waals surface area (Å²) in [6.45, 7) is 5.26. The summed E-state index contributed by atoms with van der Waals surface area (Å²) in [5.41, 5.74) is 0.874. The molecule has 4 rings (SSSR count). The fraction of sp³-hybridized carbons (Fsp3) is 0.524. The molecule has 2 aliphatic rings. The van der Waals surface area contributed by atoms with E-state index in [2.05, 4.69) is 29.2 Å². The van der Waals surface area contributed by atoms with Crippen molar-refractivity contribution < 1.29 is 19.5 Å². The van der Waals surface area contributed by atoms with Crippen molar-refractivity contribution in [3.8, 4) is 11.4 Å². The smallest absolute Gasteiger partial charge is 0.290 e. The molecule has 1 saturated heterocycles. The summed E-state index contributed by atoms with van der Waals surface area (Å²) >= 11 is 0. The second-order valence-corrected chi connectivity index (χ2v) is 7.79. The standard InChI is InChI=1S/C20H26N6O2.CH2O2/c1-3-13(2)18-20-23-19(14-5-4-8-21-12-14)24-26(20)10-9-25(18)17(28)11-15-6-7-16(27)22-15;2-1-3/h4-5,8,12-13,15,18H,3,6-7,9-11H2,1-2H3,(H,22,27);1H,(H,2,3)/t13-,15+,18-;/m0./s1. The molecule has 0 saturated carbocycles. The molecule has 2 amide bonds. The molecule has 0 aliphatic carbocycles. The highest BCUT2D eigenvalue weighted by atomic mass is 16.3. The van der Waals surface area contributed by atoms with Gasteiger partial charge in [-0.05, 0) is 24.5 Å². The number of fused-ring (bicyclic) bond motifs is 1. The first-order chi connectivity index (χ1) is 15.0. The lowest BCUT2D eigenvalue weighted by Gasteiger charge is -2.38. The predicted octanol–water partition coefficient (Wildman–Crippen LogP) is 1.64. The lowest BCUT2D eigenvalue weighted by molar-refractivity contribution is -0.137. The van der Waals surface area contributed by atoms with E-state index in [1.165, 1.54) is 0 Å². The molecule has 166 valence electrons. The summed E-state index contributed by atoms with van der Waals surface area (Å²) < 4.78 is 1.93. The number of hydrogen-bond acceptors (Lipinski definition) is 6. The van der Waals surface area contributed by atoms with E-state index in [-0.39, 0.29) is 36.3 Å². The second-order valence-electron chi connectivity index (χ2n) is 7.79. The maximum atomic E-state index is 13.1. The Hall–Kier alpha value is -3.30. The molecule has 0 spiro atoms. The van der Waals surface area contributed by atoms with Gasteiger partial charge >= 0.3 is 0 Å². The topological polar surface area (TPSA) is 130 Å². The van der Waals surface area contributed by atoms with Gasteiger partial charge in [0, 0.05) is 43.4 Å². The number of hydrogen-bond donors (Lipinski definition) is 2. The Labute approximate surface area is 180 Å². The zero-order valence-corrected chi connectivity index (χ0v) is 17.8. The van der Waals surface area contributed by atoms with Crippen LogP contribution >= 0.6 is 0 Å². The van der Waals surface area contributed by atoms with Crippen molar-refractivity contribution in [1.29, 1.82) is 0 Å². The van der Waals surface area contributed by atoms with Crippen LogP contribution in [0, 0.1) is 5.92 Å². The van der Waals surface area contributed by atoms with Crippen LogP contribution in [0.25, 0.3) is 11.4 Å². The van der Waals surface area contributed by atoms with Crippen LogP contribution in [-0.2, 0) is 20.9 Å². The number of rotatable bonds is 5. The van der Waals surface area contributed by atoms with Crippen LogP contribution in [0.5, 0.6) is 0 Å². The lowest BCUT2D eigenvalue weighted by atomic mass is 9.94. The number of aromatic nitrogens is 4. The molecule has 2 aromatic rings. The molecule has 0 bridgehead atoms. The third kappa shape index (κ3) is 5.07. The van der Waals surface area contributed by atoms with Gasteiger partial charge in [-0.1, -0.05) is 20.3 Å². The van der Waals surface area contributed by atoms with Crippen LogP contribution in [0.3, 0.4) is 0 Å². The number of pyridine rings is 1. The van der Waals surface area contributed by atoms with Crippen molar-refractivity contribution in [2.45, 2.75) is 58.2 Å². The summed E-state index contributed by atoms with van der Waals surface area (Å²) in [5, 5.41) is 14.5. The van der Waals surface area contributed by atoms with Gasteiger partial charge in [0.05, 0.1) is 12.6 Å². The van der Waals surface area contributed by atoms with Crippen LogP contribution in [0.1, 0.15) is 51.4 Å². The number of nitrogens with zero attached hydrogens (tertiary/aromatic N) is 5. The van der Waals surface area contributed by atoms with E-state index < -0.39 is 0 Å². The molecule has 2 aromatic heterocycles. The van der Waals surface area contributed by atoms with Crippen molar-refractivity contribution >= 4 is 18.3 Å². The maximum absolute atomic E-state index is 13.1. The summed E-state index contributed by atoms with van der Waals surface area (Å²) in [5.74, 6) is 1.86. The molecule has 10 nitrogen and oxygen atoms in total. The third-order valence-corrected chi connectivity index (χ3v) is 5.78. The van der Waals surface area contributed by atoms with Gasteiger partial charge in [0.2, 0.25) is 11.8 Å². The van der Waals surface area contributed by atoms with Crippen molar-refractivity contribution in [3.05, 3.63) is 30.4 Å². The molecule has 31 heavy (non-hydrogen) atoms. The maximum Gasteiger partial charge on any atom is 0.290 e. The number of carbonyl (C=O) groups is 3. The first kappa shape index (κ1) is 22.4. The van der Waals surface area contributed by atoms with Gasteiger partial charge in [0.1, 0.15) is 0 Å². The van der Waals surface area contributed by atoms with E-state index in [4.69, 9.17) is 14.9 Å². The highest BCUT2D eigenvalue weighted by Crippen LogP contribution is 2.34. The summed E-state index contributed by atoms with van der Waals surface area (Å²) in [6, 6.07) is 3.65. The van der Waals surface area contributed by atoms with E-state index in [1.807, 2.05) is 21.7 Å². The first-order valence-electron chi connectivity index (χ1n) is 10.5. The van der Waals surface area contributed by atoms with Gasteiger partial charge in [-0.15, -0.1) is 0 Å². The lowest BCUT2D eigenvalue weighted by Crippen LogP contribution is -2.46. The summed E-state index contributed by atoms with van der Waals surface area (Å²) in [4.78, 5) is 43.8. The van der Waals surface area contributed by atoms with E-state index in [1.54, 1.807) is 12.4 Å². The monoisotopic (exact) mass is 428 g/mol. The summed E-state index contributed by atoms with van der Waals surface area (Å²) in [7, 11) is 0. The highest BCUT2D eigenvalue weighted by molar-refractivity contribution is 5.82. The van der Waals surface area contributed by atoms with Gasteiger partial charge < -0.3 is 15.3 Å². The van der Waals surface area contributed by atoms with E-state index in [9.17, 15) is 9.59 Å². The minimum atomic E-state index is -0.250. The fourth-order valence-corrected chi connectivity index (χ4v) is 4.06. The molecular formula is C21H28N6O4. The van der Waals surface area contributed by atoms with E-state index >= 15 is 0 Å². The Morgan fingerprint density at radius 3 is 2.81 bits per heavy atom. The van der Waals surface area contributed by atoms with Gasteiger partial charge in [0.15, 0.2) is 11.6 Å². The van der Waals surface area contributed by atoms with Crippen molar-refractivity contribution in [1.82, 2.24) is 30.0 Å². The van der Waals surface area contributed by atoms with E-state index in [0.717, 1.165) is 24.2 Å². The van der Waals surface area contributed by atoms with Crippen molar-refractivity contribution in [3.63, 3.8) is 0 Å². The van der Waals surface area contributed by atoms with Gasteiger partial charge in [-0.25, -0.2) is 9.67 Å². The van der Waals surface area contributed by atoms with Gasteiger partial charge in [-0.2, -0.15) is 5.10 Å². The van der Waals surface area contributed by atoms with Crippen LogP contribution < -0.4 is 5.32 Å². The minimum absolute atomic E-state index is 0.0378. The average molecular weight is 428 g/mol. The number of carboxylic acid groups (broad SMARTS) is 1. The van der Waals surface area contributed by atoms with Crippen LogP contribution in [0.2, 0.25) is 0 Å². The van der Waals surface area contributed by atoms with E-state index in [0.29, 0.717) is 31.8 Å². The molecule has 2 N–H and O–H groups in total. The largest absolute Gasteiger partial charge is 0.483 e. The van der Waals surface area contributed by atoms with Gasteiger partial charge in [0.25, 0.3) is 6.47 Å². The Kier molecular flexibility index (Phi) is 7.32. The van der Waals surface area contributed by atoms with Crippen LogP contribution in [-0.4, -0.2) is 60.6 Å². The molecule has 0 unspecified atom stereocenters. The molecule has 0 radical (unpaired) electrons. The average Bonchev–Trinajstić information content (AvgIpc) is 3.39. The Morgan fingerprint density at radius 2 is 2.19 bits per heavy atom. The normalized spacial score (nSPS) is 20.8. The Balaban J connectivity index is 0.000000858.